The number of rotatable bonds is 7. The third-order valence-electron chi connectivity index (χ3n) is 4.61. The molecule has 1 amide bonds. The van der Waals surface area contributed by atoms with Crippen molar-refractivity contribution in [1.29, 1.82) is 0 Å². The molecule has 0 unspecified atom stereocenters. The van der Waals surface area contributed by atoms with Gasteiger partial charge >= 0.3 is 0 Å². The zero-order valence-electron chi connectivity index (χ0n) is 17.3. The highest BCUT2D eigenvalue weighted by atomic mass is 35.5. The molecule has 0 aliphatic heterocycles. The molecule has 9 heteroatoms. The first-order valence-corrected chi connectivity index (χ1v) is 12.0. The van der Waals surface area contributed by atoms with Crippen LogP contribution >= 0.6 is 22.9 Å². The predicted octanol–water partition coefficient (Wildman–Crippen LogP) is 4.68. The topological polar surface area (TPSA) is 78.8 Å². The Morgan fingerprint density at radius 3 is 2.29 bits per heavy atom. The maximum atomic E-state index is 12.7. The van der Waals surface area contributed by atoms with E-state index in [0.717, 1.165) is 16.0 Å². The van der Waals surface area contributed by atoms with Gasteiger partial charge in [-0.25, -0.2) is 13.8 Å². The molecule has 31 heavy (non-hydrogen) atoms. The Labute approximate surface area is 191 Å². The summed E-state index contributed by atoms with van der Waals surface area (Å²) in [5.74, 6) is -0.353. The number of nitrogens with zero attached hydrogens (tertiary/aromatic N) is 2. The van der Waals surface area contributed by atoms with E-state index >= 15 is 0 Å². The van der Waals surface area contributed by atoms with Crippen LogP contribution in [0.2, 0.25) is 4.34 Å². The number of sulfonamides is 1. The van der Waals surface area contributed by atoms with Crippen LogP contribution in [0.3, 0.4) is 0 Å². The molecule has 3 rings (SSSR count). The average Bonchev–Trinajstić information content (AvgIpc) is 3.19. The van der Waals surface area contributed by atoms with E-state index in [0.29, 0.717) is 15.6 Å². The van der Waals surface area contributed by atoms with Crippen LogP contribution in [0.15, 0.2) is 70.7 Å². The third-order valence-corrected chi connectivity index (χ3v) is 7.76. The number of thiophene rings is 1. The SMILES string of the molecule is CC(=NNC(=O)c1ccc(CN(C)S(=O)(=O)c2ccc(C)cc2)cc1)c1ccc(Cl)s1. The number of aryl methyl sites for hydroxylation is 1. The van der Waals surface area contributed by atoms with Gasteiger partial charge < -0.3 is 0 Å². The highest BCUT2D eigenvalue weighted by molar-refractivity contribution is 7.89. The Morgan fingerprint density at radius 2 is 1.71 bits per heavy atom. The van der Waals surface area contributed by atoms with E-state index in [1.54, 1.807) is 61.5 Å². The summed E-state index contributed by atoms with van der Waals surface area (Å²) >= 11 is 7.30. The largest absolute Gasteiger partial charge is 0.271 e. The van der Waals surface area contributed by atoms with Crippen molar-refractivity contribution in [3.05, 3.63) is 86.6 Å². The molecule has 0 saturated carbocycles. The van der Waals surface area contributed by atoms with Crippen LogP contribution in [0.4, 0.5) is 0 Å². The maximum absolute atomic E-state index is 12.7. The quantitative estimate of drug-likeness (QED) is 0.398. The molecule has 0 spiro atoms. The molecule has 0 fully saturated rings. The van der Waals surface area contributed by atoms with Crippen LogP contribution < -0.4 is 5.43 Å². The number of amides is 1. The van der Waals surface area contributed by atoms with Gasteiger partial charge in [-0.3, -0.25) is 4.79 Å². The highest BCUT2D eigenvalue weighted by Crippen LogP contribution is 2.22. The minimum atomic E-state index is -3.60. The van der Waals surface area contributed by atoms with Crippen molar-refractivity contribution >= 4 is 44.6 Å². The van der Waals surface area contributed by atoms with Crippen molar-refractivity contribution in [3.8, 4) is 0 Å². The van der Waals surface area contributed by atoms with Gasteiger partial charge in [-0.05, 0) is 55.8 Å². The first-order valence-electron chi connectivity index (χ1n) is 9.39. The lowest BCUT2D eigenvalue weighted by Gasteiger charge is -2.17. The third kappa shape index (κ3) is 5.80. The van der Waals surface area contributed by atoms with Gasteiger partial charge in [0.1, 0.15) is 0 Å². The summed E-state index contributed by atoms with van der Waals surface area (Å²) in [6, 6.07) is 17.1. The predicted molar refractivity (Wildman–Crippen MR) is 125 cm³/mol. The van der Waals surface area contributed by atoms with E-state index < -0.39 is 10.0 Å². The lowest BCUT2D eigenvalue weighted by Crippen LogP contribution is -2.26. The molecule has 0 radical (unpaired) electrons. The van der Waals surface area contributed by atoms with Crippen LogP contribution in [-0.2, 0) is 16.6 Å². The van der Waals surface area contributed by atoms with Crippen LogP contribution in [0.1, 0.15) is 33.3 Å². The zero-order chi connectivity index (χ0) is 22.6. The molecule has 2 aromatic carbocycles. The molecule has 3 aromatic rings. The number of halogens is 1. The Bertz CT molecular complexity index is 1200. The van der Waals surface area contributed by atoms with E-state index in [4.69, 9.17) is 11.6 Å². The van der Waals surface area contributed by atoms with Gasteiger partial charge in [-0.15, -0.1) is 11.3 Å². The van der Waals surface area contributed by atoms with Gasteiger partial charge in [0.25, 0.3) is 5.91 Å². The number of hydrogen-bond donors (Lipinski definition) is 1. The van der Waals surface area contributed by atoms with E-state index in [1.165, 1.54) is 22.7 Å². The van der Waals surface area contributed by atoms with E-state index in [1.807, 2.05) is 13.0 Å². The van der Waals surface area contributed by atoms with Gasteiger partial charge in [0.2, 0.25) is 10.0 Å². The fraction of sp³-hybridized carbons (Fsp3) is 0.182. The summed E-state index contributed by atoms with van der Waals surface area (Å²) in [6.07, 6.45) is 0. The van der Waals surface area contributed by atoms with Crippen molar-refractivity contribution < 1.29 is 13.2 Å². The van der Waals surface area contributed by atoms with Crippen LogP contribution in [0.25, 0.3) is 0 Å². The van der Waals surface area contributed by atoms with Crippen molar-refractivity contribution in [2.75, 3.05) is 7.05 Å². The minimum Gasteiger partial charge on any atom is -0.267 e. The van der Waals surface area contributed by atoms with Crippen molar-refractivity contribution in [2.24, 2.45) is 5.10 Å². The molecule has 0 saturated heterocycles. The van der Waals surface area contributed by atoms with Crippen molar-refractivity contribution in [2.45, 2.75) is 25.3 Å². The summed E-state index contributed by atoms with van der Waals surface area (Å²) < 4.78 is 27.4. The lowest BCUT2D eigenvalue weighted by atomic mass is 10.1. The molecular weight excluding hydrogens is 454 g/mol. The van der Waals surface area contributed by atoms with Crippen LogP contribution in [0.5, 0.6) is 0 Å². The monoisotopic (exact) mass is 475 g/mol. The fourth-order valence-electron chi connectivity index (χ4n) is 2.76. The summed E-state index contributed by atoms with van der Waals surface area (Å²) in [6.45, 7) is 3.88. The van der Waals surface area contributed by atoms with E-state index in [-0.39, 0.29) is 17.3 Å². The molecular formula is C22H22ClN3O3S2. The summed E-state index contributed by atoms with van der Waals surface area (Å²) in [5.41, 5.74) is 5.37. The zero-order valence-corrected chi connectivity index (χ0v) is 19.7. The standard InChI is InChI=1S/C22H22ClN3O3S2/c1-15-4-10-19(11-5-15)31(28,29)26(3)14-17-6-8-18(9-7-17)22(27)25-24-16(2)20-12-13-21(23)30-20/h4-13H,14H2,1-3H3,(H,25,27). The minimum absolute atomic E-state index is 0.189. The molecule has 1 heterocycles. The van der Waals surface area contributed by atoms with E-state index in [9.17, 15) is 13.2 Å². The van der Waals surface area contributed by atoms with Crippen molar-refractivity contribution in [1.82, 2.24) is 9.73 Å². The molecule has 0 bridgehead atoms. The Balaban J connectivity index is 1.64. The number of hydrazone groups is 1. The molecule has 1 aromatic heterocycles. The van der Waals surface area contributed by atoms with E-state index in [2.05, 4.69) is 10.5 Å². The molecule has 0 aliphatic carbocycles. The summed E-state index contributed by atoms with van der Waals surface area (Å²) in [4.78, 5) is 13.5. The molecule has 6 nitrogen and oxygen atoms in total. The number of nitrogens with one attached hydrogen (secondary N) is 1. The second kappa shape index (κ2) is 9.74. The summed E-state index contributed by atoms with van der Waals surface area (Å²) in [5, 5.41) is 4.11. The number of benzene rings is 2. The lowest BCUT2D eigenvalue weighted by molar-refractivity contribution is 0.0955. The molecule has 162 valence electrons. The fourth-order valence-corrected chi connectivity index (χ4v) is 4.90. The van der Waals surface area contributed by atoms with Gasteiger partial charge in [0.05, 0.1) is 19.8 Å². The smallest absolute Gasteiger partial charge is 0.267 e. The van der Waals surface area contributed by atoms with Gasteiger partial charge in [-0.1, -0.05) is 41.4 Å². The highest BCUT2D eigenvalue weighted by Gasteiger charge is 2.20. The molecule has 0 aliphatic rings. The second-order valence-corrected chi connectivity index (χ2v) is 10.8. The number of carbonyl (C=O) groups is 1. The van der Waals surface area contributed by atoms with Gasteiger partial charge in [-0.2, -0.15) is 9.41 Å². The van der Waals surface area contributed by atoms with Crippen LogP contribution in [-0.4, -0.2) is 31.4 Å². The first-order chi connectivity index (χ1) is 14.7. The normalized spacial score (nSPS) is 12.2. The Morgan fingerprint density at radius 1 is 1.06 bits per heavy atom. The number of hydrogen-bond acceptors (Lipinski definition) is 5. The summed E-state index contributed by atoms with van der Waals surface area (Å²) in [7, 11) is -2.06. The molecule has 0 atom stereocenters. The average molecular weight is 476 g/mol. The number of carbonyl (C=O) groups excluding carboxylic acids is 1. The molecule has 1 N–H and O–H groups in total. The van der Waals surface area contributed by atoms with Crippen molar-refractivity contribution in [3.63, 3.8) is 0 Å². The Hall–Kier alpha value is -2.52. The maximum Gasteiger partial charge on any atom is 0.271 e. The van der Waals surface area contributed by atoms with Crippen LogP contribution in [0, 0.1) is 6.92 Å². The second-order valence-electron chi connectivity index (χ2n) is 7.01. The first kappa shape index (κ1) is 23.1. The van der Waals surface area contributed by atoms with Gasteiger partial charge in [0.15, 0.2) is 0 Å². The Kier molecular flexibility index (Phi) is 7.27. The van der Waals surface area contributed by atoms with Gasteiger partial charge in [0, 0.05) is 19.2 Å².